The Bertz CT molecular complexity index is 842. The highest BCUT2D eigenvalue weighted by Gasteiger charge is 2.24. The van der Waals surface area contributed by atoms with Crippen molar-refractivity contribution < 1.29 is 9.59 Å². The zero-order chi connectivity index (χ0) is 18.8. The maximum atomic E-state index is 12.7. The van der Waals surface area contributed by atoms with Crippen LogP contribution in [0.5, 0.6) is 0 Å². The number of amides is 2. The summed E-state index contributed by atoms with van der Waals surface area (Å²) < 4.78 is 0. The van der Waals surface area contributed by atoms with Crippen molar-refractivity contribution in [2.24, 2.45) is 0 Å². The van der Waals surface area contributed by atoms with Gasteiger partial charge in [-0.05, 0) is 29.7 Å². The van der Waals surface area contributed by atoms with Crippen molar-refractivity contribution >= 4 is 17.6 Å². The molecule has 0 bridgehead atoms. The number of carbonyl (C=O) groups excluding carboxylic acids is 2. The van der Waals surface area contributed by atoms with Gasteiger partial charge in [0.05, 0.1) is 5.56 Å². The van der Waals surface area contributed by atoms with Crippen LogP contribution in [0.1, 0.15) is 28.4 Å². The molecule has 3 heterocycles. The number of anilines is 1. The lowest BCUT2D eigenvalue weighted by Crippen LogP contribution is -2.50. The van der Waals surface area contributed by atoms with Gasteiger partial charge in [-0.25, -0.2) is 4.98 Å². The first-order valence-corrected chi connectivity index (χ1v) is 9.44. The van der Waals surface area contributed by atoms with Gasteiger partial charge in [0.15, 0.2) is 0 Å². The van der Waals surface area contributed by atoms with Crippen LogP contribution < -0.4 is 4.90 Å². The fourth-order valence-corrected chi connectivity index (χ4v) is 3.80. The zero-order valence-electron chi connectivity index (χ0n) is 15.6. The van der Waals surface area contributed by atoms with Gasteiger partial charge in [-0.2, -0.15) is 0 Å². The maximum Gasteiger partial charge on any atom is 0.255 e. The maximum absolute atomic E-state index is 12.7. The predicted molar refractivity (Wildman–Crippen MR) is 104 cm³/mol. The summed E-state index contributed by atoms with van der Waals surface area (Å²) in [5.41, 5.74) is 3.35. The van der Waals surface area contributed by atoms with Crippen molar-refractivity contribution in [2.75, 3.05) is 37.6 Å². The van der Waals surface area contributed by atoms with E-state index in [1.165, 1.54) is 11.1 Å². The number of nitrogens with zero attached hydrogens (tertiary/aromatic N) is 4. The molecule has 0 saturated carbocycles. The minimum Gasteiger partial charge on any atom is -0.352 e. The first-order chi connectivity index (χ1) is 13.1. The number of aromatic nitrogens is 1. The van der Waals surface area contributed by atoms with E-state index in [-0.39, 0.29) is 11.8 Å². The van der Waals surface area contributed by atoms with E-state index in [9.17, 15) is 9.59 Å². The second kappa shape index (κ2) is 7.39. The summed E-state index contributed by atoms with van der Waals surface area (Å²) in [6.07, 6.45) is 2.69. The minimum atomic E-state index is -0.0127. The summed E-state index contributed by atoms with van der Waals surface area (Å²) in [5, 5.41) is 0. The van der Waals surface area contributed by atoms with Crippen molar-refractivity contribution in [3.63, 3.8) is 0 Å². The Morgan fingerprint density at radius 2 is 1.59 bits per heavy atom. The van der Waals surface area contributed by atoms with Crippen LogP contribution in [0.4, 0.5) is 5.82 Å². The van der Waals surface area contributed by atoms with Gasteiger partial charge in [0.25, 0.3) is 5.91 Å². The van der Waals surface area contributed by atoms with Crippen LogP contribution >= 0.6 is 0 Å². The SMILES string of the molecule is CC(=O)N1CCN(C(=O)c2ccc(N3CCc4ccccc4C3)nc2)CC1. The van der Waals surface area contributed by atoms with E-state index in [1.54, 1.807) is 22.9 Å². The highest BCUT2D eigenvalue weighted by atomic mass is 16.2. The molecule has 140 valence electrons. The van der Waals surface area contributed by atoms with E-state index in [2.05, 4.69) is 34.1 Å². The van der Waals surface area contributed by atoms with Gasteiger partial charge in [0, 0.05) is 52.4 Å². The molecule has 6 heteroatoms. The summed E-state index contributed by atoms with van der Waals surface area (Å²) in [5.74, 6) is 0.958. The van der Waals surface area contributed by atoms with E-state index in [0.717, 1.165) is 25.3 Å². The molecule has 0 aliphatic carbocycles. The molecular weight excluding hydrogens is 340 g/mol. The van der Waals surface area contributed by atoms with Gasteiger partial charge >= 0.3 is 0 Å². The van der Waals surface area contributed by atoms with E-state index in [0.29, 0.717) is 31.7 Å². The summed E-state index contributed by atoms with van der Waals surface area (Å²) in [7, 11) is 0. The lowest BCUT2D eigenvalue weighted by molar-refractivity contribution is -0.130. The van der Waals surface area contributed by atoms with Crippen LogP contribution in [-0.4, -0.2) is 59.3 Å². The normalized spacial score (nSPS) is 16.9. The number of piperazine rings is 1. The topological polar surface area (TPSA) is 56.8 Å². The van der Waals surface area contributed by atoms with E-state index >= 15 is 0 Å². The Morgan fingerprint density at radius 1 is 0.889 bits per heavy atom. The third kappa shape index (κ3) is 3.65. The standard InChI is InChI=1S/C21H24N4O2/c1-16(26)23-10-12-24(13-11-23)21(27)18-6-7-20(22-14-18)25-9-8-17-4-2-3-5-19(17)15-25/h2-7,14H,8-13,15H2,1H3. The fourth-order valence-electron chi connectivity index (χ4n) is 3.80. The van der Waals surface area contributed by atoms with Gasteiger partial charge < -0.3 is 14.7 Å². The summed E-state index contributed by atoms with van der Waals surface area (Å²) in [4.78, 5) is 34.5. The second-order valence-electron chi connectivity index (χ2n) is 7.14. The fraction of sp³-hybridized carbons (Fsp3) is 0.381. The van der Waals surface area contributed by atoms with Crippen molar-refractivity contribution in [3.05, 3.63) is 59.3 Å². The van der Waals surface area contributed by atoms with Crippen LogP contribution in [0.15, 0.2) is 42.6 Å². The molecule has 1 aromatic heterocycles. The molecule has 1 saturated heterocycles. The minimum absolute atomic E-state index is 0.0127. The Morgan fingerprint density at radius 3 is 2.26 bits per heavy atom. The Hall–Kier alpha value is -2.89. The zero-order valence-corrected chi connectivity index (χ0v) is 15.6. The smallest absolute Gasteiger partial charge is 0.255 e. The first-order valence-electron chi connectivity index (χ1n) is 9.44. The largest absolute Gasteiger partial charge is 0.352 e. The van der Waals surface area contributed by atoms with Gasteiger partial charge in [-0.3, -0.25) is 9.59 Å². The van der Waals surface area contributed by atoms with Crippen LogP contribution in [0, 0.1) is 0 Å². The number of carbonyl (C=O) groups is 2. The molecule has 1 fully saturated rings. The molecule has 2 aliphatic rings. The molecule has 2 amide bonds. The summed E-state index contributed by atoms with van der Waals surface area (Å²) in [6, 6.07) is 12.3. The van der Waals surface area contributed by atoms with Gasteiger partial charge in [0.1, 0.15) is 5.82 Å². The van der Waals surface area contributed by atoms with Crippen LogP contribution in [0.3, 0.4) is 0 Å². The Kier molecular flexibility index (Phi) is 4.79. The molecule has 0 N–H and O–H groups in total. The van der Waals surface area contributed by atoms with Gasteiger partial charge in [-0.15, -0.1) is 0 Å². The van der Waals surface area contributed by atoms with Crippen molar-refractivity contribution in [1.29, 1.82) is 0 Å². The quantitative estimate of drug-likeness (QED) is 0.817. The summed E-state index contributed by atoms with van der Waals surface area (Å²) >= 11 is 0. The van der Waals surface area contributed by atoms with Gasteiger partial charge in [0.2, 0.25) is 5.91 Å². The van der Waals surface area contributed by atoms with Crippen LogP contribution in [0.25, 0.3) is 0 Å². The van der Waals surface area contributed by atoms with Crippen molar-refractivity contribution in [3.8, 4) is 0 Å². The molecule has 27 heavy (non-hydrogen) atoms. The van der Waals surface area contributed by atoms with Crippen LogP contribution in [0.2, 0.25) is 0 Å². The number of hydrogen-bond acceptors (Lipinski definition) is 4. The highest BCUT2D eigenvalue weighted by molar-refractivity contribution is 5.94. The monoisotopic (exact) mass is 364 g/mol. The lowest BCUT2D eigenvalue weighted by Gasteiger charge is -2.34. The molecule has 0 atom stereocenters. The Balaban J connectivity index is 1.41. The number of rotatable bonds is 2. The van der Waals surface area contributed by atoms with Gasteiger partial charge in [-0.1, -0.05) is 24.3 Å². The average Bonchev–Trinajstić information content (AvgIpc) is 2.73. The second-order valence-corrected chi connectivity index (χ2v) is 7.14. The van der Waals surface area contributed by atoms with Crippen molar-refractivity contribution in [1.82, 2.24) is 14.8 Å². The summed E-state index contributed by atoms with van der Waals surface area (Å²) in [6.45, 7) is 5.69. The molecule has 2 aliphatic heterocycles. The lowest BCUT2D eigenvalue weighted by atomic mass is 10.00. The molecule has 0 unspecified atom stereocenters. The first kappa shape index (κ1) is 17.5. The number of pyridine rings is 1. The Labute approximate surface area is 159 Å². The molecular formula is C21H24N4O2. The van der Waals surface area contributed by atoms with Crippen molar-refractivity contribution in [2.45, 2.75) is 19.9 Å². The molecule has 6 nitrogen and oxygen atoms in total. The molecule has 2 aromatic rings. The van der Waals surface area contributed by atoms with Crippen LogP contribution in [-0.2, 0) is 17.8 Å². The average molecular weight is 364 g/mol. The van der Waals surface area contributed by atoms with E-state index < -0.39 is 0 Å². The third-order valence-corrected chi connectivity index (χ3v) is 5.46. The molecule has 0 radical (unpaired) electrons. The number of benzene rings is 1. The highest BCUT2D eigenvalue weighted by Crippen LogP contribution is 2.23. The van der Waals surface area contributed by atoms with E-state index in [4.69, 9.17) is 0 Å². The molecule has 1 aromatic carbocycles. The number of fused-ring (bicyclic) bond motifs is 1. The molecule has 4 rings (SSSR count). The third-order valence-electron chi connectivity index (χ3n) is 5.46. The molecule has 0 spiro atoms. The number of hydrogen-bond donors (Lipinski definition) is 0. The predicted octanol–water partition coefficient (Wildman–Crippen LogP) is 1.95. The van der Waals surface area contributed by atoms with E-state index in [1.807, 2.05) is 12.1 Å².